The molecule has 19 heavy (non-hydrogen) atoms. The van der Waals surface area contributed by atoms with Gasteiger partial charge in [0.2, 0.25) is 0 Å². The number of aromatic nitrogens is 3. The molecule has 1 aromatic heterocycles. The molecule has 0 fully saturated rings. The number of thiol groups is 1. The highest BCUT2D eigenvalue weighted by Crippen LogP contribution is 2.32. The summed E-state index contributed by atoms with van der Waals surface area (Å²) in [6, 6.07) is 3.05. The van der Waals surface area contributed by atoms with Crippen molar-refractivity contribution in [3.05, 3.63) is 48.1 Å². The fourth-order valence-corrected chi connectivity index (χ4v) is 2.06. The summed E-state index contributed by atoms with van der Waals surface area (Å²) in [5.41, 5.74) is -1.64. The Labute approximate surface area is 114 Å². The zero-order valence-electron chi connectivity index (χ0n) is 10.2. The van der Waals surface area contributed by atoms with Crippen molar-refractivity contribution < 1.29 is 13.9 Å². The summed E-state index contributed by atoms with van der Waals surface area (Å²) in [5, 5.41) is 14.0. The number of rotatable bonds is 4. The second kappa shape index (κ2) is 5.26. The predicted molar refractivity (Wildman–Crippen MR) is 68.7 cm³/mol. The van der Waals surface area contributed by atoms with Crippen LogP contribution >= 0.6 is 12.6 Å². The van der Waals surface area contributed by atoms with E-state index < -0.39 is 22.5 Å². The molecule has 0 aliphatic carbocycles. The predicted octanol–water partition coefficient (Wildman–Crippen LogP) is 1.76. The van der Waals surface area contributed by atoms with Gasteiger partial charge >= 0.3 is 0 Å². The Morgan fingerprint density at radius 2 is 2.21 bits per heavy atom. The van der Waals surface area contributed by atoms with Crippen molar-refractivity contribution in [2.45, 2.75) is 24.3 Å². The average Bonchev–Trinajstić information content (AvgIpc) is 2.81. The molecule has 2 atom stereocenters. The van der Waals surface area contributed by atoms with E-state index in [0.717, 1.165) is 12.1 Å². The highest BCUT2D eigenvalue weighted by molar-refractivity contribution is 7.81. The number of halogens is 2. The molecular weight excluding hydrogens is 272 g/mol. The van der Waals surface area contributed by atoms with Crippen molar-refractivity contribution in [3.8, 4) is 0 Å². The minimum Gasteiger partial charge on any atom is -0.382 e. The van der Waals surface area contributed by atoms with Crippen LogP contribution in [0.25, 0.3) is 0 Å². The molecule has 0 saturated carbocycles. The van der Waals surface area contributed by atoms with Crippen LogP contribution in [0.3, 0.4) is 0 Å². The van der Waals surface area contributed by atoms with Crippen molar-refractivity contribution >= 4 is 12.6 Å². The maximum absolute atomic E-state index is 13.9. The SMILES string of the molecule is CC(S)[C@](O)(Cn1cncn1)c1ccc(F)cc1F. The molecule has 1 heterocycles. The second-order valence-electron chi connectivity index (χ2n) is 4.32. The maximum atomic E-state index is 13.9. The van der Waals surface area contributed by atoms with Gasteiger partial charge in [-0.3, -0.25) is 0 Å². The van der Waals surface area contributed by atoms with Gasteiger partial charge in [0.25, 0.3) is 0 Å². The Hall–Kier alpha value is -1.47. The van der Waals surface area contributed by atoms with Crippen LogP contribution in [-0.2, 0) is 12.1 Å². The molecule has 0 aliphatic heterocycles. The smallest absolute Gasteiger partial charge is 0.137 e. The molecule has 0 saturated heterocycles. The topological polar surface area (TPSA) is 50.9 Å². The molecule has 7 heteroatoms. The molecule has 0 spiro atoms. The lowest BCUT2D eigenvalue weighted by Crippen LogP contribution is -2.40. The lowest BCUT2D eigenvalue weighted by molar-refractivity contribution is 0.0138. The van der Waals surface area contributed by atoms with E-state index in [1.807, 2.05) is 0 Å². The standard InChI is InChI=1S/C12H13F2N3OS/c1-8(19)12(18,5-17-7-15-6-16-17)10-3-2-9(13)4-11(10)14/h2-4,6-8,18-19H,5H2,1H3/t8?,12-/m1/s1. The first-order valence-corrected chi connectivity index (χ1v) is 6.13. The summed E-state index contributed by atoms with van der Waals surface area (Å²) in [6.45, 7) is 1.60. The van der Waals surface area contributed by atoms with Crippen molar-refractivity contribution in [1.82, 2.24) is 14.8 Å². The van der Waals surface area contributed by atoms with Crippen LogP contribution in [0.15, 0.2) is 30.9 Å². The number of aliphatic hydroxyl groups is 1. The maximum Gasteiger partial charge on any atom is 0.137 e. The van der Waals surface area contributed by atoms with Crippen molar-refractivity contribution in [2.24, 2.45) is 0 Å². The lowest BCUT2D eigenvalue weighted by atomic mass is 9.90. The minimum atomic E-state index is -1.62. The molecule has 1 aromatic carbocycles. The van der Waals surface area contributed by atoms with Crippen LogP contribution in [0.1, 0.15) is 12.5 Å². The molecule has 0 bridgehead atoms. The Balaban J connectivity index is 2.43. The van der Waals surface area contributed by atoms with Gasteiger partial charge in [0.1, 0.15) is 29.9 Å². The second-order valence-corrected chi connectivity index (χ2v) is 5.09. The molecule has 1 unspecified atom stereocenters. The molecular formula is C12H13F2N3OS. The van der Waals surface area contributed by atoms with E-state index in [9.17, 15) is 13.9 Å². The van der Waals surface area contributed by atoms with Gasteiger partial charge in [-0.2, -0.15) is 17.7 Å². The number of hydrogen-bond donors (Lipinski definition) is 2. The third-order valence-corrected chi connectivity index (χ3v) is 3.39. The van der Waals surface area contributed by atoms with Crippen LogP contribution in [0.5, 0.6) is 0 Å². The average molecular weight is 285 g/mol. The molecule has 0 radical (unpaired) electrons. The summed E-state index contributed by atoms with van der Waals surface area (Å²) in [7, 11) is 0. The molecule has 0 amide bonds. The molecule has 0 aliphatic rings. The van der Waals surface area contributed by atoms with Gasteiger partial charge in [-0.25, -0.2) is 18.4 Å². The van der Waals surface area contributed by atoms with E-state index in [1.165, 1.54) is 23.4 Å². The van der Waals surface area contributed by atoms with Crippen LogP contribution in [0.4, 0.5) is 8.78 Å². The van der Waals surface area contributed by atoms with Gasteiger partial charge < -0.3 is 5.11 Å². The van der Waals surface area contributed by atoms with E-state index in [1.54, 1.807) is 6.92 Å². The first kappa shape index (κ1) is 14.0. The van der Waals surface area contributed by atoms with Gasteiger partial charge in [0.05, 0.1) is 6.54 Å². The highest BCUT2D eigenvalue weighted by Gasteiger charge is 2.37. The molecule has 1 N–H and O–H groups in total. The van der Waals surface area contributed by atoms with E-state index in [-0.39, 0.29) is 12.1 Å². The van der Waals surface area contributed by atoms with E-state index in [0.29, 0.717) is 0 Å². The molecule has 2 aromatic rings. The van der Waals surface area contributed by atoms with Crippen LogP contribution in [0.2, 0.25) is 0 Å². The Kier molecular flexibility index (Phi) is 3.86. The largest absolute Gasteiger partial charge is 0.382 e. The summed E-state index contributed by atoms with van der Waals surface area (Å²) in [6.07, 6.45) is 2.72. The fourth-order valence-electron chi connectivity index (χ4n) is 1.84. The van der Waals surface area contributed by atoms with Gasteiger partial charge in [0, 0.05) is 16.9 Å². The van der Waals surface area contributed by atoms with Crippen molar-refractivity contribution in [2.75, 3.05) is 0 Å². The van der Waals surface area contributed by atoms with Crippen LogP contribution in [0, 0.1) is 11.6 Å². The van der Waals surface area contributed by atoms with Gasteiger partial charge in [-0.15, -0.1) is 0 Å². The van der Waals surface area contributed by atoms with Crippen LogP contribution in [-0.4, -0.2) is 25.1 Å². The van der Waals surface area contributed by atoms with Crippen molar-refractivity contribution in [3.63, 3.8) is 0 Å². The van der Waals surface area contributed by atoms with Crippen LogP contribution < -0.4 is 0 Å². The molecule has 102 valence electrons. The fraction of sp³-hybridized carbons (Fsp3) is 0.333. The Morgan fingerprint density at radius 1 is 1.47 bits per heavy atom. The first-order chi connectivity index (χ1) is 8.93. The Bertz CT molecular complexity index is 562. The Morgan fingerprint density at radius 3 is 2.74 bits per heavy atom. The minimum absolute atomic E-state index is 0.0214. The quantitative estimate of drug-likeness (QED) is 0.842. The third-order valence-electron chi connectivity index (χ3n) is 2.96. The zero-order chi connectivity index (χ0) is 14.0. The molecule has 4 nitrogen and oxygen atoms in total. The summed E-state index contributed by atoms with van der Waals surface area (Å²) < 4.78 is 28.2. The van der Waals surface area contributed by atoms with Gasteiger partial charge in [0.15, 0.2) is 0 Å². The lowest BCUT2D eigenvalue weighted by Gasteiger charge is -2.32. The number of benzene rings is 1. The normalized spacial score (nSPS) is 16.1. The van der Waals surface area contributed by atoms with E-state index in [4.69, 9.17) is 0 Å². The number of hydrogen-bond acceptors (Lipinski definition) is 4. The first-order valence-electron chi connectivity index (χ1n) is 5.62. The van der Waals surface area contributed by atoms with E-state index in [2.05, 4.69) is 22.7 Å². The monoisotopic (exact) mass is 285 g/mol. The van der Waals surface area contributed by atoms with Crippen molar-refractivity contribution in [1.29, 1.82) is 0 Å². The third kappa shape index (κ3) is 2.76. The number of nitrogens with zero attached hydrogens (tertiary/aromatic N) is 3. The summed E-state index contributed by atoms with van der Waals surface area (Å²) in [4.78, 5) is 3.76. The summed E-state index contributed by atoms with van der Waals surface area (Å²) >= 11 is 4.20. The van der Waals surface area contributed by atoms with Gasteiger partial charge in [-0.1, -0.05) is 13.0 Å². The summed E-state index contributed by atoms with van der Waals surface area (Å²) in [5.74, 6) is -1.51. The van der Waals surface area contributed by atoms with E-state index >= 15 is 0 Å². The highest BCUT2D eigenvalue weighted by atomic mass is 32.1. The van der Waals surface area contributed by atoms with Gasteiger partial charge in [-0.05, 0) is 6.07 Å². The molecule has 2 rings (SSSR count). The zero-order valence-corrected chi connectivity index (χ0v) is 11.1.